The van der Waals surface area contributed by atoms with Crippen molar-refractivity contribution in [2.45, 2.75) is 6.04 Å². The van der Waals surface area contributed by atoms with Gasteiger partial charge >= 0.3 is 5.97 Å². The molecule has 2 N–H and O–H groups in total. The van der Waals surface area contributed by atoms with Crippen LogP contribution in [0, 0.1) is 0 Å². The van der Waals surface area contributed by atoms with Crippen molar-refractivity contribution >= 4 is 57.9 Å². The van der Waals surface area contributed by atoms with Gasteiger partial charge in [-0.25, -0.2) is 4.79 Å². The summed E-state index contributed by atoms with van der Waals surface area (Å²) in [6.07, 6.45) is 3.11. The number of aliphatic hydroxyl groups is 1. The number of carbonyl (C=O) groups is 2. The second kappa shape index (κ2) is 7.74. The Labute approximate surface area is 147 Å². The van der Waals surface area contributed by atoms with Gasteiger partial charge in [0.15, 0.2) is 6.04 Å². The number of carboxylic acid groups (broad SMARTS) is 1. The fourth-order valence-electron chi connectivity index (χ4n) is 1.89. The maximum absolute atomic E-state index is 12.3. The molecule has 0 radical (unpaired) electrons. The van der Waals surface area contributed by atoms with E-state index < -0.39 is 24.5 Å². The highest BCUT2D eigenvalue weighted by Crippen LogP contribution is 2.34. The van der Waals surface area contributed by atoms with Crippen molar-refractivity contribution in [3.8, 4) is 0 Å². The molecule has 8 heteroatoms. The molecule has 1 aliphatic rings. The molecule has 1 aromatic rings. The van der Waals surface area contributed by atoms with Crippen molar-refractivity contribution < 1.29 is 19.8 Å². The number of aliphatic carboxylic acids is 1. The number of rotatable bonds is 5. The summed E-state index contributed by atoms with van der Waals surface area (Å²) in [5.41, 5.74) is 0.864. The largest absolute Gasteiger partial charge is 0.480 e. The number of thioether (sulfide) groups is 1. The topological polar surface area (TPSA) is 77.8 Å². The Balaban J connectivity index is 2.25. The highest BCUT2D eigenvalue weighted by Gasteiger charge is 2.40. The Bertz CT molecular complexity index is 703. The quantitative estimate of drug-likeness (QED) is 0.613. The minimum absolute atomic E-state index is 0.0758. The summed E-state index contributed by atoms with van der Waals surface area (Å²) >= 11 is 12.1. The fourth-order valence-corrected chi connectivity index (χ4v) is 3.54. The van der Waals surface area contributed by atoms with E-state index in [1.54, 1.807) is 6.08 Å². The number of thiocarbonyl (C=S) groups is 1. The van der Waals surface area contributed by atoms with Gasteiger partial charge in [0.05, 0.1) is 11.5 Å². The van der Waals surface area contributed by atoms with Gasteiger partial charge in [0, 0.05) is 5.03 Å². The molecule has 1 aromatic carbocycles. The Morgan fingerprint density at radius 3 is 2.61 bits per heavy atom. The molecule has 0 spiro atoms. The van der Waals surface area contributed by atoms with E-state index in [2.05, 4.69) is 0 Å². The van der Waals surface area contributed by atoms with E-state index >= 15 is 0 Å². The van der Waals surface area contributed by atoms with Crippen molar-refractivity contribution in [2.24, 2.45) is 0 Å². The first kappa shape index (κ1) is 17.7. The summed E-state index contributed by atoms with van der Waals surface area (Å²) in [5, 5.41) is 18.5. The van der Waals surface area contributed by atoms with Crippen LogP contribution in [0.15, 0.2) is 46.3 Å². The normalized spacial score (nSPS) is 18.6. The number of carbonyl (C=O) groups excluding carboxylic acids is 1. The molecule has 2 rings (SSSR count). The molecule has 1 atom stereocenters. The number of halogens is 1. The standard InChI is InChI=1S/C15H12ClNO4S2/c16-10(6-9-4-2-1-3-5-9)7-12-13(19)17(15(22)23-12)11(8-18)14(20)21/h1-7,11,18H,8H2,(H,20,21)/b10-6-,12-7-. The number of carboxylic acids is 1. The monoisotopic (exact) mass is 369 g/mol. The first-order chi connectivity index (χ1) is 10.9. The van der Waals surface area contributed by atoms with Crippen molar-refractivity contribution in [1.82, 2.24) is 4.90 Å². The van der Waals surface area contributed by atoms with Gasteiger partial charge in [-0.1, -0.05) is 65.9 Å². The lowest BCUT2D eigenvalue weighted by molar-refractivity contribution is -0.146. The highest BCUT2D eigenvalue weighted by atomic mass is 35.5. The van der Waals surface area contributed by atoms with Crippen LogP contribution < -0.4 is 0 Å². The summed E-state index contributed by atoms with van der Waals surface area (Å²) in [6, 6.07) is 7.89. The van der Waals surface area contributed by atoms with Crippen molar-refractivity contribution in [1.29, 1.82) is 0 Å². The van der Waals surface area contributed by atoms with Gasteiger partial charge in [0.2, 0.25) is 0 Å². The molecular formula is C15H12ClNO4S2. The zero-order chi connectivity index (χ0) is 17.0. The highest BCUT2D eigenvalue weighted by molar-refractivity contribution is 8.26. The van der Waals surface area contributed by atoms with Crippen LogP contribution in [-0.2, 0) is 9.59 Å². The minimum Gasteiger partial charge on any atom is -0.480 e. The second-order valence-electron chi connectivity index (χ2n) is 4.53. The Hall–Kier alpha value is -1.67. The fraction of sp³-hybridized carbons (Fsp3) is 0.133. The third kappa shape index (κ3) is 4.20. The maximum atomic E-state index is 12.3. The Kier molecular flexibility index (Phi) is 5.95. The summed E-state index contributed by atoms with van der Waals surface area (Å²) in [7, 11) is 0. The van der Waals surface area contributed by atoms with Gasteiger partial charge in [-0.2, -0.15) is 0 Å². The Morgan fingerprint density at radius 2 is 2.04 bits per heavy atom. The molecule has 0 bridgehead atoms. The third-order valence-electron chi connectivity index (χ3n) is 2.97. The van der Waals surface area contributed by atoms with Gasteiger partial charge < -0.3 is 10.2 Å². The van der Waals surface area contributed by atoms with E-state index in [1.807, 2.05) is 30.3 Å². The van der Waals surface area contributed by atoms with Crippen LogP contribution in [0.1, 0.15) is 5.56 Å². The molecule has 1 amide bonds. The number of nitrogens with zero attached hydrogens (tertiary/aromatic N) is 1. The number of hydrogen-bond acceptors (Lipinski definition) is 5. The van der Waals surface area contributed by atoms with Crippen LogP contribution >= 0.6 is 35.6 Å². The first-order valence-electron chi connectivity index (χ1n) is 6.47. The average Bonchev–Trinajstić information content (AvgIpc) is 2.76. The summed E-state index contributed by atoms with van der Waals surface area (Å²) in [5.74, 6) is -1.91. The third-order valence-corrected chi connectivity index (χ3v) is 4.51. The Morgan fingerprint density at radius 1 is 1.39 bits per heavy atom. The van der Waals surface area contributed by atoms with E-state index in [4.69, 9.17) is 34.0 Å². The lowest BCUT2D eigenvalue weighted by Gasteiger charge is -2.20. The van der Waals surface area contributed by atoms with Gasteiger partial charge in [-0.15, -0.1) is 0 Å². The van der Waals surface area contributed by atoms with Crippen LogP contribution in [0.25, 0.3) is 6.08 Å². The molecule has 5 nitrogen and oxygen atoms in total. The number of allylic oxidation sites excluding steroid dienone is 2. The number of hydrogen-bond donors (Lipinski definition) is 2. The van der Waals surface area contributed by atoms with E-state index in [-0.39, 0.29) is 9.23 Å². The number of benzene rings is 1. The molecule has 1 fully saturated rings. The van der Waals surface area contributed by atoms with E-state index in [1.165, 1.54) is 6.08 Å². The summed E-state index contributed by atoms with van der Waals surface area (Å²) in [4.78, 5) is 24.5. The van der Waals surface area contributed by atoms with Gasteiger partial charge in [-0.3, -0.25) is 9.69 Å². The lowest BCUT2D eigenvalue weighted by Crippen LogP contribution is -2.46. The molecule has 0 saturated carbocycles. The smallest absolute Gasteiger partial charge is 0.329 e. The van der Waals surface area contributed by atoms with Crippen LogP contribution in [0.3, 0.4) is 0 Å². The number of amides is 1. The molecule has 120 valence electrons. The molecule has 0 aliphatic carbocycles. The van der Waals surface area contributed by atoms with Gasteiger partial charge in [0.1, 0.15) is 4.32 Å². The molecule has 1 aliphatic heterocycles. The lowest BCUT2D eigenvalue weighted by atomic mass is 10.2. The van der Waals surface area contributed by atoms with Crippen molar-refractivity contribution in [3.05, 3.63) is 51.9 Å². The van der Waals surface area contributed by atoms with Crippen LogP contribution in [0.4, 0.5) is 0 Å². The number of aliphatic hydroxyl groups excluding tert-OH is 1. The van der Waals surface area contributed by atoms with Crippen LogP contribution in [-0.4, -0.2) is 44.0 Å². The summed E-state index contributed by atoms with van der Waals surface area (Å²) < 4.78 is 0.0758. The SMILES string of the molecule is O=C(O)C(CO)N1C(=O)/C(=C/C(Cl)=C/c2ccccc2)SC1=S. The zero-order valence-corrected chi connectivity index (χ0v) is 14.1. The molecule has 1 heterocycles. The summed E-state index contributed by atoms with van der Waals surface area (Å²) in [6.45, 7) is -0.720. The van der Waals surface area contributed by atoms with E-state index in [0.29, 0.717) is 5.03 Å². The molecule has 23 heavy (non-hydrogen) atoms. The first-order valence-corrected chi connectivity index (χ1v) is 8.07. The van der Waals surface area contributed by atoms with Crippen molar-refractivity contribution in [2.75, 3.05) is 6.61 Å². The molecule has 1 saturated heterocycles. The zero-order valence-electron chi connectivity index (χ0n) is 11.7. The molecule has 0 aromatic heterocycles. The maximum Gasteiger partial charge on any atom is 0.329 e. The minimum atomic E-state index is -1.40. The predicted molar refractivity (Wildman–Crippen MR) is 93.9 cm³/mol. The van der Waals surface area contributed by atoms with Crippen LogP contribution in [0.2, 0.25) is 0 Å². The molecular weight excluding hydrogens is 358 g/mol. The second-order valence-corrected chi connectivity index (χ2v) is 6.64. The van der Waals surface area contributed by atoms with Crippen LogP contribution in [0.5, 0.6) is 0 Å². The van der Waals surface area contributed by atoms with Gasteiger partial charge in [-0.05, 0) is 17.7 Å². The van der Waals surface area contributed by atoms with Gasteiger partial charge in [0.25, 0.3) is 5.91 Å². The van der Waals surface area contributed by atoms with E-state index in [0.717, 1.165) is 22.2 Å². The van der Waals surface area contributed by atoms with Crippen molar-refractivity contribution in [3.63, 3.8) is 0 Å². The van der Waals surface area contributed by atoms with E-state index in [9.17, 15) is 9.59 Å². The predicted octanol–water partition coefficient (Wildman–Crippen LogP) is 2.46. The average molecular weight is 370 g/mol. The molecule has 1 unspecified atom stereocenters.